The predicted octanol–water partition coefficient (Wildman–Crippen LogP) is 1.83. The van der Waals surface area contributed by atoms with Gasteiger partial charge in [-0.2, -0.15) is 0 Å². The fourth-order valence-corrected chi connectivity index (χ4v) is 2.17. The molecule has 1 fully saturated rings. The molecule has 0 saturated heterocycles. The molecule has 0 aliphatic heterocycles. The van der Waals surface area contributed by atoms with E-state index in [-0.39, 0.29) is 11.8 Å². The van der Waals surface area contributed by atoms with E-state index in [1.54, 1.807) is 6.07 Å². The molecule has 3 N–H and O–H groups in total. The van der Waals surface area contributed by atoms with Gasteiger partial charge >= 0.3 is 0 Å². The number of nitrogens with one attached hydrogen (secondary N) is 3. The van der Waals surface area contributed by atoms with Crippen LogP contribution in [-0.4, -0.2) is 31.4 Å². The molecule has 0 unspecified atom stereocenters. The summed E-state index contributed by atoms with van der Waals surface area (Å²) in [5.74, 6) is -0.00989. The number of carbonyl (C=O) groups excluding carboxylic acids is 2. The van der Waals surface area contributed by atoms with Crippen LogP contribution in [0.1, 0.15) is 41.6 Å². The molecule has 0 atom stereocenters. The molecule has 0 bridgehead atoms. The topological polar surface area (TPSA) is 70.2 Å². The molecule has 5 nitrogen and oxygen atoms in total. The van der Waals surface area contributed by atoms with E-state index in [1.165, 1.54) is 0 Å². The van der Waals surface area contributed by atoms with E-state index in [9.17, 15) is 9.59 Å². The van der Waals surface area contributed by atoms with E-state index < -0.39 is 0 Å². The molecule has 1 aromatic carbocycles. The first-order chi connectivity index (χ1) is 10.1. The van der Waals surface area contributed by atoms with Gasteiger partial charge < -0.3 is 16.0 Å². The molecule has 1 aliphatic rings. The fourth-order valence-electron chi connectivity index (χ4n) is 2.17. The third kappa shape index (κ3) is 4.77. The number of aryl methyl sites for hydroxylation is 1. The molecular weight excluding hydrogens is 266 g/mol. The number of benzene rings is 1. The van der Waals surface area contributed by atoms with E-state index in [4.69, 9.17) is 0 Å². The van der Waals surface area contributed by atoms with E-state index in [0.29, 0.717) is 31.0 Å². The minimum absolute atomic E-state index is 0.0842. The number of hydrogen-bond acceptors (Lipinski definition) is 3. The molecule has 0 aromatic heterocycles. The normalized spacial score (nSPS) is 13.6. The first kappa shape index (κ1) is 15.4. The highest BCUT2D eigenvalue weighted by Gasteiger charge is 2.22. The molecule has 2 rings (SSSR count). The van der Waals surface area contributed by atoms with Crippen molar-refractivity contribution in [1.29, 1.82) is 0 Å². The molecule has 5 heteroatoms. The van der Waals surface area contributed by atoms with Gasteiger partial charge in [-0.05, 0) is 49.9 Å². The van der Waals surface area contributed by atoms with Gasteiger partial charge in [-0.25, -0.2) is 0 Å². The lowest BCUT2D eigenvalue weighted by atomic mass is 10.1. The Morgan fingerprint density at radius 2 is 2.05 bits per heavy atom. The SMILES string of the molecule is CNc1ccc(C(=O)NCCCC(=O)NC2CC2)cc1C. The van der Waals surface area contributed by atoms with Crippen LogP contribution >= 0.6 is 0 Å². The summed E-state index contributed by atoms with van der Waals surface area (Å²) in [6, 6.07) is 5.96. The smallest absolute Gasteiger partial charge is 0.251 e. The van der Waals surface area contributed by atoms with Gasteiger partial charge in [0, 0.05) is 37.3 Å². The summed E-state index contributed by atoms with van der Waals surface area (Å²) in [6.07, 6.45) is 3.33. The fraction of sp³-hybridized carbons (Fsp3) is 0.500. The summed E-state index contributed by atoms with van der Waals surface area (Å²) in [5, 5.41) is 8.85. The zero-order chi connectivity index (χ0) is 15.2. The van der Waals surface area contributed by atoms with Crippen LogP contribution in [0.4, 0.5) is 5.69 Å². The average molecular weight is 289 g/mol. The van der Waals surface area contributed by atoms with Crippen LogP contribution in [0.25, 0.3) is 0 Å². The lowest BCUT2D eigenvalue weighted by Gasteiger charge is -2.09. The van der Waals surface area contributed by atoms with Crippen LogP contribution in [0.2, 0.25) is 0 Å². The quantitative estimate of drug-likeness (QED) is 0.671. The summed E-state index contributed by atoms with van der Waals surface area (Å²) < 4.78 is 0. The molecule has 21 heavy (non-hydrogen) atoms. The number of carbonyl (C=O) groups is 2. The van der Waals surface area contributed by atoms with Gasteiger partial charge in [0.1, 0.15) is 0 Å². The van der Waals surface area contributed by atoms with Crippen molar-refractivity contribution in [3.63, 3.8) is 0 Å². The first-order valence-electron chi connectivity index (χ1n) is 7.46. The third-order valence-electron chi connectivity index (χ3n) is 3.57. The Balaban J connectivity index is 1.71. The lowest BCUT2D eigenvalue weighted by Crippen LogP contribution is -2.28. The molecule has 114 valence electrons. The van der Waals surface area contributed by atoms with Gasteiger partial charge in [0.15, 0.2) is 0 Å². The molecular formula is C16H23N3O2. The minimum Gasteiger partial charge on any atom is -0.388 e. The van der Waals surface area contributed by atoms with Crippen molar-refractivity contribution in [2.45, 2.75) is 38.6 Å². The molecule has 1 saturated carbocycles. The van der Waals surface area contributed by atoms with Gasteiger partial charge in [-0.1, -0.05) is 0 Å². The van der Waals surface area contributed by atoms with Crippen LogP contribution in [0, 0.1) is 6.92 Å². The Morgan fingerprint density at radius 1 is 1.29 bits per heavy atom. The maximum absolute atomic E-state index is 12.0. The molecule has 2 amide bonds. The molecule has 0 radical (unpaired) electrons. The van der Waals surface area contributed by atoms with Crippen LogP contribution in [0.3, 0.4) is 0 Å². The number of rotatable bonds is 7. The highest BCUT2D eigenvalue weighted by molar-refractivity contribution is 5.94. The molecule has 0 heterocycles. The van der Waals surface area contributed by atoms with Crippen molar-refractivity contribution >= 4 is 17.5 Å². The summed E-state index contributed by atoms with van der Waals surface area (Å²) in [7, 11) is 1.86. The predicted molar refractivity (Wildman–Crippen MR) is 83.5 cm³/mol. The lowest BCUT2D eigenvalue weighted by molar-refractivity contribution is -0.121. The van der Waals surface area contributed by atoms with E-state index in [2.05, 4.69) is 16.0 Å². The zero-order valence-corrected chi connectivity index (χ0v) is 12.7. The highest BCUT2D eigenvalue weighted by atomic mass is 16.2. The minimum atomic E-state index is -0.0941. The Kier molecular flexibility index (Phi) is 5.20. The van der Waals surface area contributed by atoms with Crippen molar-refractivity contribution in [3.05, 3.63) is 29.3 Å². The molecule has 0 spiro atoms. The van der Waals surface area contributed by atoms with Crippen LogP contribution in [0.5, 0.6) is 0 Å². The monoisotopic (exact) mass is 289 g/mol. The summed E-state index contributed by atoms with van der Waals surface area (Å²) in [4.78, 5) is 23.5. The largest absolute Gasteiger partial charge is 0.388 e. The first-order valence-corrected chi connectivity index (χ1v) is 7.46. The summed E-state index contributed by atoms with van der Waals surface area (Å²) in [6.45, 7) is 2.48. The van der Waals surface area contributed by atoms with Crippen molar-refractivity contribution < 1.29 is 9.59 Å². The van der Waals surface area contributed by atoms with Gasteiger partial charge in [0.25, 0.3) is 5.91 Å². The van der Waals surface area contributed by atoms with Gasteiger partial charge in [0.2, 0.25) is 5.91 Å². The maximum Gasteiger partial charge on any atom is 0.251 e. The highest BCUT2D eigenvalue weighted by Crippen LogP contribution is 2.18. The second kappa shape index (κ2) is 7.11. The molecule has 1 aliphatic carbocycles. The van der Waals surface area contributed by atoms with Gasteiger partial charge in [0.05, 0.1) is 0 Å². The van der Waals surface area contributed by atoms with Crippen molar-refractivity contribution in [3.8, 4) is 0 Å². The maximum atomic E-state index is 12.0. The summed E-state index contributed by atoms with van der Waals surface area (Å²) >= 11 is 0. The third-order valence-corrected chi connectivity index (χ3v) is 3.57. The second-order valence-electron chi connectivity index (χ2n) is 5.48. The second-order valence-corrected chi connectivity index (χ2v) is 5.48. The Labute approximate surface area is 125 Å². The van der Waals surface area contributed by atoms with Crippen molar-refractivity contribution in [2.75, 3.05) is 18.9 Å². The van der Waals surface area contributed by atoms with Crippen LogP contribution < -0.4 is 16.0 Å². The number of anilines is 1. The zero-order valence-electron chi connectivity index (χ0n) is 12.7. The van der Waals surface area contributed by atoms with E-state index in [0.717, 1.165) is 24.1 Å². The summed E-state index contributed by atoms with van der Waals surface area (Å²) in [5.41, 5.74) is 2.70. The van der Waals surface area contributed by atoms with E-state index in [1.807, 2.05) is 26.1 Å². The number of amides is 2. The van der Waals surface area contributed by atoms with Crippen LogP contribution in [0.15, 0.2) is 18.2 Å². The van der Waals surface area contributed by atoms with Gasteiger partial charge in [-0.15, -0.1) is 0 Å². The van der Waals surface area contributed by atoms with Gasteiger partial charge in [-0.3, -0.25) is 9.59 Å². The average Bonchev–Trinajstić information content (AvgIpc) is 3.27. The van der Waals surface area contributed by atoms with Crippen LogP contribution in [-0.2, 0) is 4.79 Å². The number of hydrogen-bond donors (Lipinski definition) is 3. The molecule has 1 aromatic rings. The van der Waals surface area contributed by atoms with E-state index >= 15 is 0 Å². The van der Waals surface area contributed by atoms with Crippen molar-refractivity contribution in [1.82, 2.24) is 10.6 Å². The Hall–Kier alpha value is -2.04. The Morgan fingerprint density at radius 3 is 2.67 bits per heavy atom. The Bertz CT molecular complexity index is 524. The van der Waals surface area contributed by atoms with Crippen molar-refractivity contribution in [2.24, 2.45) is 0 Å². The standard InChI is InChI=1S/C16H23N3O2/c1-11-10-12(5-8-14(11)17-2)16(21)18-9-3-4-15(20)19-13-6-7-13/h5,8,10,13,17H,3-4,6-7,9H2,1-2H3,(H,18,21)(H,19,20).